The Morgan fingerprint density at radius 3 is 2.42 bits per heavy atom. The van der Waals surface area contributed by atoms with E-state index < -0.39 is 11.8 Å². The number of nitrogens with one attached hydrogen (secondary N) is 2. The average molecular weight is 330 g/mol. The number of halogens is 1. The summed E-state index contributed by atoms with van der Waals surface area (Å²) in [6, 6.07) is 12.9. The van der Waals surface area contributed by atoms with Crippen molar-refractivity contribution in [3.8, 4) is 0 Å². The zero-order valence-electron chi connectivity index (χ0n) is 13.3. The second-order valence-electron chi connectivity index (χ2n) is 4.97. The fourth-order valence-corrected chi connectivity index (χ4v) is 2.11. The van der Waals surface area contributed by atoms with E-state index in [-0.39, 0.29) is 24.6 Å². The van der Waals surface area contributed by atoms with Crippen LogP contribution >= 0.6 is 0 Å². The van der Waals surface area contributed by atoms with Crippen molar-refractivity contribution in [2.45, 2.75) is 13.3 Å². The monoisotopic (exact) mass is 330 g/mol. The van der Waals surface area contributed by atoms with E-state index in [0.717, 1.165) is 0 Å². The fourth-order valence-electron chi connectivity index (χ4n) is 2.11. The minimum atomic E-state index is -0.480. The van der Waals surface area contributed by atoms with Gasteiger partial charge in [-0.2, -0.15) is 0 Å². The van der Waals surface area contributed by atoms with Gasteiger partial charge in [0.1, 0.15) is 5.82 Å². The predicted molar refractivity (Wildman–Crippen MR) is 90.5 cm³/mol. The summed E-state index contributed by atoms with van der Waals surface area (Å²) >= 11 is 0. The minimum absolute atomic E-state index is 0.130. The molecule has 0 unspecified atom stereocenters. The molecule has 0 aliphatic carbocycles. The molecule has 2 aromatic rings. The van der Waals surface area contributed by atoms with Crippen molar-refractivity contribution in [3.63, 3.8) is 0 Å². The highest BCUT2D eigenvalue weighted by Gasteiger charge is 2.12. The van der Waals surface area contributed by atoms with Gasteiger partial charge in [0.15, 0.2) is 0 Å². The lowest BCUT2D eigenvalue weighted by Crippen LogP contribution is -2.18. The quantitative estimate of drug-likeness (QED) is 0.763. The normalized spacial score (nSPS) is 10.1. The molecule has 2 N–H and O–H groups in total. The molecule has 2 rings (SSSR count). The SMILES string of the molecule is CCOC(=O)c1ccccc1NCCC(=O)Nc1ccccc1F. The Kier molecular flexibility index (Phi) is 6.31. The van der Waals surface area contributed by atoms with Gasteiger partial charge in [-0.3, -0.25) is 4.79 Å². The third-order valence-electron chi connectivity index (χ3n) is 3.24. The third-order valence-corrected chi connectivity index (χ3v) is 3.24. The topological polar surface area (TPSA) is 67.4 Å². The fraction of sp³-hybridized carbons (Fsp3) is 0.222. The molecule has 0 aliphatic rings. The lowest BCUT2D eigenvalue weighted by molar-refractivity contribution is -0.116. The van der Waals surface area contributed by atoms with Crippen LogP contribution in [0, 0.1) is 5.82 Å². The number of anilines is 2. The summed E-state index contributed by atoms with van der Waals surface area (Å²) in [5, 5.41) is 5.54. The number of hydrogen-bond donors (Lipinski definition) is 2. The van der Waals surface area contributed by atoms with Gasteiger partial charge in [-0.15, -0.1) is 0 Å². The van der Waals surface area contributed by atoms with Crippen molar-refractivity contribution in [1.82, 2.24) is 0 Å². The summed E-state index contributed by atoms with van der Waals surface area (Å²) < 4.78 is 18.5. The number of hydrogen-bond acceptors (Lipinski definition) is 4. The van der Waals surface area contributed by atoms with Crippen molar-refractivity contribution in [2.24, 2.45) is 0 Å². The number of ether oxygens (including phenoxy) is 1. The van der Waals surface area contributed by atoms with Gasteiger partial charge in [0.25, 0.3) is 0 Å². The Balaban J connectivity index is 1.89. The van der Waals surface area contributed by atoms with Crippen LogP contribution in [0.5, 0.6) is 0 Å². The van der Waals surface area contributed by atoms with Crippen LogP contribution in [0.3, 0.4) is 0 Å². The molecule has 0 spiro atoms. The van der Waals surface area contributed by atoms with Crippen molar-refractivity contribution < 1.29 is 18.7 Å². The van der Waals surface area contributed by atoms with Crippen molar-refractivity contribution >= 4 is 23.3 Å². The maximum atomic E-state index is 13.5. The molecule has 24 heavy (non-hydrogen) atoms. The lowest BCUT2D eigenvalue weighted by atomic mass is 10.1. The third kappa shape index (κ3) is 4.81. The van der Waals surface area contributed by atoms with E-state index in [9.17, 15) is 14.0 Å². The predicted octanol–water partition coefficient (Wildman–Crippen LogP) is 3.44. The number of amides is 1. The van der Waals surface area contributed by atoms with Gasteiger partial charge >= 0.3 is 5.97 Å². The molecule has 1 amide bonds. The zero-order chi connectivity index (χ0) is 17.4. The molecule has 0 bridgehead atoms. The van der Waals surface area contributed by atoms with Crippen molar-refractivity contribution in [1.29, 1.82) is 0 Å². The van der Waals surface area contributed by atoms with E-state index in [1.807, 2.05) is 0 Å². The second-order valence-corrected chi connectivity index (χ2v) is 4.97. The highest BCUT2D eigenvalue weighted by atomic mass is 19.1. The van der Waals surface area contributed by atoms with Crippen LogP contribution in [-0.4, -0.2) is 25.0 Å². The Morgan fingerprint density at radius 1 is 1.04 bits per heavy atom. The molecule has 5 nitrogen and oxygen atoms in total. The Hall–Kier alpha value is -2.89. The molecule has 0 aliphatic heterocycles. The van der Waals surface area contributed by atoms with Crippen LogP contribution < -0.4 is 10.6 Å². The van der Waals surface area contributed by atoms with Crippen LogP contribution in [0.1, 0.15) is 23.7 Å². The first kappa shape index (κ1) is 17.5. The molecule has 0 saturated carbocycles. The van der Waals surface area contributed by atoms with Crippen LogP contribution in [0.15, 0.2) is 48.5 Å². The molecular formula is C18H19FN2O3. The van der Waals surface area contributed by atoms with E-state index >= 15 is 0 Å². The number of carbonyl (C=O) groups excluding carboxylic acids is 2. The van der Waals surface area contributed by atoms with Crippen molar-refractivity contribution in [3.05, 3.63) is 59.9 Å². The number of rotatable bonds is 7. The first-order valence-corrected chi connectivity index (χ1v) is 7.66. The average Bonchev–Trinajstić information content (AvgIpc) is 2.57. The van der Waals surface area contributed by atoms with Crippen LogP contribution in [-0.2, 0) is 9.53 Å². The molecule has 0 aromatic heterocycles. The van der Waals surface area contributed by atoms with Gasteiger partial charge in [0.2, 0.25) is 5.91 Å². The maximum Gasteiger partial charge on any atom is 0.340 e. The van der Waals surface area contributed by atoms with Crippen molar-refractivity contribution in [2.75, 3.05) is 23.8 Å². The molecule has 2 aromatic carbocycles. The van der Waals surface area contributed by atoms with Gasteiger partial charge in [0, 0.05) is 18.7 Å². The Morgan fingerprint density at radius 2 is 1.71 bits per heavy atom. The van der Waals surface area contributed by atoms with E-state index in [4.69, 9.17) is 4.74 Å². The smallest absolute Gasteiger partial charge is 0.340 e. The molecule has 0 fully saturated rings. The summed E-state index contributed by atoms with van der Waals surface area (Å²) in [6.07, 6.45) is 0.130. The number of para-hydroxylation sites is 2. The second kappa shape index (κ2) is 8.67. The van der Waals surface area contributed by atoms with Gasteiger partial charge in [-0.05, 0) is 31.2 Å². The standard InChI is InChI=1S/C18H19FN2O3/c1-2-24-18(23)13-7-3-5-9-15(13)20-12-11-17(22)21-16-10-6-4-8-14(16)19/h3-10,20H,2,11-12H2,1H3,(H,21,22). The zero-order valence-corrected chi connectivity index (χ0v) is 13.3. The number of benzene rings is 2. The molecule has 0 heterocycles. The molecular weight excluding hydrogens is 311 g/mol. The summed E-state index contributed by atoms with van der Waals surface area (Å²) in [6.45, 7) is 2.33. The van der Waals surface area contributed by atoms with E-state index in [1.54, 1.807) is 43.3 Å². The van der Waals surface area contributed by atoms with E-state index in [0.29, 0.717) is 17.8 Å². The molecule has 126 valence electrons. The largest absolute Gasteiger partial charge is 0.462 e. The lowest BCUT2D eigenvalue weighted by Gasteiger charge is -2.11. The van der Waals surface area contributed by atoms with Crippen LogP contribution in [0.4, 0.5) is 15.8 Å². The summed E-state index contributed by atoms with van der Waals surface area (Å²) in [5.41, 5.74) is 1.15. The summed E-state index contributed by atoms with van der Waals surface area (Å²) in [5.74, 6) is -1.22. The van der Waals surface area contributed by atoms with E-state index in [1.165, 1.54) is 12.1 Å². The molecule has 0 atom stereocenters. The van der Waals surface area contributed by atoms with Gasteiger partial charge < -0.3 is 15.4 Å². The highest BCUT2D eigenvalue weighted by molar-refractivity contribution is 5.96. The van der Waals surface area contributed by atoms with Gasteiger partial charge in [-0.25, -0.2) is 9.18 Å². The number of carbonyl (C=O) groups is 2. The summed E-state index contributed by atoms with van der Waals surface area (Å²) in [7, 11) is 0. The Bertz CT molecular complexity index is 719. The maximum absolute atomic E-state index is 13.5. The van der Waals surface area contributed by atoms with E-state index in [2.05, 4.69) is 10.6 Å². The minimum Gasteiger partial charge on any atom is -0.462 e. The van der Waals surface area contributed by atoms with Gasteiger partial charge in [0.05, 0.1) is 17.9 Å². The number of esters is 1. The molecule has 0 saturated heterocycles. The van der Waals surface area contributed by atoms with Crippen LogP contribution in [0.25, 0.3) is 0 Å². The molecule has 0 radical (unpaired) electrons. The summed E-state index contributed by atoms with van der Waals surface area (Å²) in [4.78, 5) is 23.7. The van der Waals surface area contributed by atoms with Gasteiger partial charge in [-0.1, -0.05) is 24.3 Å². The molecule has 6 heteroatoms. The first-order chi connectivity index (χ1) is 11.6. The highest BCUT2D eigenvalue weighted by Crippen LogP contribution is 2.16. The first-order valence-electron chi connectivity index (χ1n) is 7.66. The van der Waals surface area contributed by atoms with Crippen LogP contribution in [0.2, 0.25) is 0 Å². The Labute approximate surface area is 139 Å².